The van der Waals surface area contributed by atoms with E-state index in [2.05, 4.69) is 9.88 Å². The normalized spacial score (nSPS) is 21.4. The van der Waals surface area contributed by atoms with Crippen LogP contribution < -0.4 is 5.73 Å². The van der Waals surface area contributed by atoms with Crippen molar-refractivity contribution < 1.29 is 5.11 Å². The lowest BCUT2D eigenvalue weighted by Gasteiger charge is -2.25. The van der Waals surface area contributed by atoms with Gasteiger partial charge in [0.2, 0.25) is 0 Å². The summed E-state index contributed by atoms with van der Waals surface area (Å²) in [7, 11) is 0. The van der Waals surface area contributed by atoms with Crippen molar-refractivity contribution in [3.8, 4) is 0 Å². The second kappa shape index (κ2) is 6.22. The van der Waals surface area contributed by atoms with Gasteiger partial charge in [-0.05, 0) is 37.3 Å². The van der Waals surface area contributed by atoms with Gasteiger partial charge in [0.05, 0.1) is 6.10 Å². The molecule has 0 amide bonds. The average Bonchev–Trinajstić information content (AvgIpc) is 3.13. The van der Waals surface area contributed by atoms with Gasteiger partial charge in [0, 0.05) is 28.5 Å². The van der Waals surface area contributed by atoms with Gasteiger partial charge in [-0.3, -0.25) is 4.90 Å². The second-order valence-corrected chi connectivity index (χ2v) is 7.32. The molecule has 1 aliphatic heterocycles. The number of rotatable bonds is 5. The number of likely N-dealkylation sites (tertiary alicyclic amines) is 1. The van der Waals surface area contributed by atoms with Crippen LogP contribution in [-0.2, 0) is 6.54 Å². The van der Waals surface area contributed by atoms with Crippen molar-refractivity contribution in [3.63, 3.8) is 0 Å². The van der Waals surface area contributed by atoms with Gasteiger partial charge in [-0.1, -0.05) is 6.07 Å². The molecule has 2 aromatic rings. The zero-order chi connectivity index (χ0) is 13.9. The van der Waals surface area contributed by atoms with Crippen LogP contribution in [0.2, 0.25) is 0 Å². The maximum Gasteiger partial charge on any atom is 0.180 e. The molecule has 3 heterocycles. The highest BCUT2D eigenvalue weighted by atomic mass is 32.1. The number of hydrogen-bond acceptors (Lipinski definition) is 6. The average molecular weight is 309 g/mol. The van der Waals surface area contributed by atoms with E-state index >= 15 is 0 Å². The highest BCUT2D eigenvalue weighted by Gasteiger charge is 2.27. The van der Waals surface area contributed by atoms with E-state index in [0.717, 1.165) is 30.8 Å². The zero-order valence-corrected chi connectivity index (χ0v) is 12.9. The van der Waals surface area contributed by atoms with E-state index in [1.54, 1.807) is 22.7 Å². The molecule has 3 rings (SSSR count). The Bertz CT molecular complexity index is 540. The van der Waals surface area contributed by atoms with Crippen LogP contribution in [-0.4, -0.2) is 27.6 Å². The van der Waals surface area contributed by atoms with Gasteiger partial charge < -0.3 is 10.8 Å². The van der Waals surface area contributed by atoms with Crippen molar-refractivity contribution >= 4 is 27.8 Å². The Morgan fingerprint density at radius 3 is 3.15 bits per heavy atom. The zero-order valence-electron chi connectivity index (χ0n) is 11.2. The molecule has 2 aromatic heterocycles. The van der Waals surface area contributed by atoms with Gasteiger partial charge in [0.25, 0.3) is 0 Å². The summed E-state index contributed by atoms with van der Waals surface area (Å²) in [6, 6.07) is 4.46. The maximum atomic E-state index is 10.3. The minimum atomic E-state index is -0.341. The number of nitrogens with two attached hydrogens (primary N) is 1. The monoisotopic (exact) mass is 309 g/mol. The van der Waals surface area contributed by atoms with E-state index in [-0.39, 0.29) is 6.10 Å². The molecule has 0 radical (unpaired) electrons. The Kier molecular flexibility index (Phi) is 4.35. The minimum Gasteiger partial charge on any atom is -0.388 e. The topological polar surface area (TPSA) is 62.4 Å². The molecule has 2 unspecified atom stereocenters. The number of anilines is 1. The van der Waals surface area contributed by atoms with Gasteiger partial charge in [-0.25, -0.2) is 4.98 Å². The molecule has 3 N–H and O–H groups in total. The first kappa shape index (κ1) is 14.0. The number of aliphatic hydroxyl groups is 1. The predicted molar refractivity (Wildman–Crippen MR) is 83.9 cm³/mol. The number of aliphatic hydroxyl groups excluding tert-OH is 1. The summed E-state index contributed by atoms with van der Waals surface area (Å²) in [5.74, 6) is 0. The molecule has 1 aliphatic rings. The smallest absolute Gasteiger partial charge is 0.180 e. The SMILES string of the molecule is Nc1ncc(CN2CCCC2CC(O)c2cccs2)s1. The second-order valence-electron chi connectivity index (χ2n) is 5.20. The summed E-state index contributed by atoms with van der Waals surface area (Å²) in [4.78, 5) is 8.83. The van der Waals surface area contributed by atoms with Crippen LogP contribution in [0.5, 0.6) is 0 Å². The molecule has 20 heavy (non-hydrogen) atoms. The third-order valence-corrected chi connectivity index (χ3v) is 5.58. The fourth-order valence-corrected chi connectivity index (χ4v) is 4.26. The molecule has 0 spiro atoms. The molecule has 0 aliphatic carbocycles. The van der Waals surface area contributed by atoms with Crippen LogP contribution in [0.4, 0.5) is 5.13 Å². The molecule has 4 nitrogen and oxygen atoms in total. The highest BCUT2D eigenvalue weighted by molar-refractivity contribution is 7.15. The molecule has 2 atom stereocenters. The van der Waals surface area contributed by atoms with Gasteiger partial charge >= 0.3 is 0 Å². The fourth-order valence-electron chi connectivity index (χ4n) is 2.82. The number of thiazole rings is 1. The number of nitrogen functional groups attached to an aromatic ring is 1. The highest BCUT2D eigenvalue weighted by Crippen LogP contribution is 2.31. The van der Waals surface area contributed by atoms with Crippen molar-refractivity contribution in [2.75, 3.05) is 12.3 Å². The lowest BCUT2D eigenvalue weighted by atomic mass is 10.1. The third kappa shape index (κ3) is 3.20. The third-order valence-electron chi connectivity index (χ3n) is 3.80. The standard InChI is InChI=1S/C14H19N3OS2/c15-14-16-8-11(20-14)9-17-5-1-3-10(17)7-12(18)13-4-2-6-19-13/h2,4,6,8,10,12,18H,1,3,5,7,9H2,(H2,15,16). The predicted octanol–water partition coefficient (Wildman–Crippen LogP) is 2.87. The van der Waals surface area contributed by atoms with Crippen molar-refractivity contribution in [2.24, 2.45) is 0 Å². The molecule has 0 saturated carbocycles. The first-order chi connectivity index (χ1) is 9.72. The van der Waals surface area contributed by atoms with Crippen molar-refractivity contribution in [2.45, 2.75) is 38.0 Å². The lowest BCUT2D eigenvalue weighted by Crippen LogP contribution is -2.30. The molecule has 6 heteroatoms. The van der Waals surface area contributed by atoms with Crippen molar-refractivity contribution in [1.29, 1.82) is 0 Å². The quantitative estimate of drug-likeness (QED) is 0.891. The van der Waals surface area contributed by atoms with Gasteiger partial charge in [0.1, 0.15) is 0 Å². The number of thiophene rings is 1. The van der Waals surface area contributed by atoms with Crippen LogP contribution in [0, 0.1) is 0 Å². The molecular formula is C14H19N3OS2. The summed E-state index contributed by atoms with van der Waals surface area (Å²) in [6.07, 6.45) is 4.71. The Morgan fingerprint density at radius 1 is 1.55 bits per heavy atom. The Labute approximate surface area is 126 Å². The van der Waals surface area contributed by atoms with Crippen molar-refractivity contribution in [3.05, 3.63) is 33.5 Å². The summed E-state index contributed by atoms with van der Waals surface area (Å²) >= 11 is 3.19. The van der Waals surface area contributed by atoms with E-state index in [0.29, 0.717) is 11.2 Å². The molecule has 0 bridgehead atoms. The number of aromatic nitrogens is 1. The largest absolute Gasteiger partial charge is 0.388 e. The van der Waals surface area contributed by atoms with Crippen LogP contribution in [0.3, 0.4) is 0 Å². The van der Waals surface area contributed by atoms with Gasteiger partial charge in [0.15, 0.2) is 5.13 Å². The molecule has 1 fully saturated rings. The van der Waals surface area contributed by atoms with E-state index in [9.17, 15) is 5.11 Å². The summed E-state index contributed by atoms with van der Waals surface area (Å²) in [6.45, 7) is 2.00. The van der Waals surface area contributed by atoms with E-state index in [1.165, 1.54) is 11.3 Å². The number of nitrogens with zero attached hydrogens (tertiary/aromatic N) is 2. The molecule has 1 saturated heterocycles. The van der Waals surface area contributed by atoms with Crippen LogP contribution >= 0.6 is 22.7 Å². The first-order valence-corrected chi connectivity index (χ1v) is 8.57. The van der Waals surface area contributed by atoms with Crippen LogP contribution in [0.1, 0.15) is 35.1 Å². The van der Waals surface area contributed by atoms with E-state index in [1.807, 2.05) is 23.7 Å². The Morgan fingerprint density at radius 2 is 2.45 bits per heavy atom. The van der Waals surface area contributed by atoms with Crippen molar-refractivity contribution in [1.82, 2.24) is 9.88 Å². The Balaban J connectivity index is 1.60. The maximum absolute atomic E-state index is 10.3. The van der Waals surface area contributed by atoms with Gasteiger partial charge in [-0.2, -0.15) is 0 Å². The van der Waals surface area contributed by atoms with Crippen LogP contribution in [0.15, 0.2) is 23.7 Å². The molecule has 108 valence electrons. The summed E-state index contributed by atoms with van der Waals surface area (Å²) in [5, 5.41) is 13.0. The lowest BCUT2D eigenvalue weighted by molar-refractivity contribution is 0.121. The molecule has 0 aromatic carbocycles. The summed E-state index contributed by atoms with van der Waals surface area (Å²) < 4.78 is 0. The Hall–Kier alpha value is -0.950. The van der Waals surface area contributed by atoms with Crippen LogP contribution in [0.25, 0.3) is 0 Å². The molecular weight excluding hydrogens is 290 g/mol. The number of hydrogen-bond donors (Lipinski definition) is 2. The van der Waals surface area contributed by atoms with Gasteiger partial charge in [-0.15, -0.1) is 22.7 Å². The van der Waals surface area contributed by atoms with E-state index in [4.69, 9.17) is 5.73 Å². The summed E-state index contributed by atoms with van der Waals surface area (Å²) in [5.41, 5.74) is 5.68. The minimum absolute atomic E-state index is 0.341. The fraction of sp³-hybridized carbons (Fsp3) is 0.500. The van der Waals surface area contributed by atoms with E-state index < -0.39 is 0 Å². The first-order valence-electron chi connectivity index (χ1n) is 6.88.